The first-order chi connectivity index (χ1) is 13.9. The van der Waals surface area contributed by atoms with Gasteiger partial charge in [0.1, 0.15) is 4.83 Å². The van der Waals surface area contributed by atoms with Gasteiger partial charge in [0.2, 0.25) is 5.91 Å². The lowest BCUT2D eigenvalue weighted by atomic mass is 10.2. The van der Waals surface area contributed by atoms with E-state index in [-0.39, 0.29) is 17.9 Å². The molecule has 1 N–H and O–H groups in total. The summed E-state index contributed by atoms with van der Waals surface area (Å²) in [6.45, 7) is 11.4. The highest BCUT2D eigenvalue weighted by molar-refractivity contribution is 7.18. The van der Waals surface area contributed by atoms with Crippen LogP contribution in [0.5, 0.6) is 0 Å². The summed E-state index contributed by atoms with van der Waals surface area (Å²) in [6.07, 6.45) is 1.76. The van der Waals surface area contributed by atoms with Crippen LogP contribution in [0, 0.1) is 13.8 Å². The van der Waals surface area contributed by atoms with Crippen molar-refractivity contribution in [3.63, 3.8) is 0 Å². The van der Waals surface area contributed by atoms with E-state index in [1.54, 1.807) is 0 Å². The first-order valence-electron chi connectivity index (χ1n) is 9.99. The van der Waals surface area contributed by atoms with Crippen molar-refractivity contribution >= 4 is 33.1 Å². The minimum Gasteiger partial charge on any atom is -0.326 e. The molecule has 6 nitrogen and oxygen atoms in total. The molecule has 3 aromatic rings. The van der Waals surface area contributed by atoms with E-state index in [1.165, 1.54) is 27.8 Å². The van der Waals surface area contributed by atoms with Gasteiger partial charge in [0.15, 0.2) is 0 Å². The molecule has 0 spiro atoms. The molecule has 0 radical (unpaired) electrons. The van der Waals surface area contributed by atoms with Crippen LogP contribution < -0.4 is 10.9 Å². The quantitative estimate of drug-likeness (QED) is 0.608. The third-order valence-electron chi connectivity index (χ3n) is 5.25. The van der Waals surface area contributed by atoms with E-state index in [0.29, 0.717) is 11.9 Å². The number of aryl methyl sites for hydroxylation is 3. The van der Waals surface area contributed by atoms with Gasteiger partial charge >= 0.3 is 0 Å². The number of nitrogens with zero attached hydrogens (tertiary/aromatic N) is 3. The zero-order valence-electron chi connectivity index (χ0n) is 17.5. The third kappa shape index (κ3) is 4.92. The van der Waals surface area contributed by atoms with Crippen molar-refractivity contribution < 1.29 is 4.79 Å². The van der Waals surface area contributed by atoms with Crippen molar-refractivity contribution in [3.8, 4) is 0 Å². The Morgan fingerprint density at radius 3 is 2.72 bits per heavy atom. The normalized spacial score (nSPS) is 11.3. The molecule has 154 valence electrons. The standard InChI is InChI=1S/C22H28N4O2S/c1-5-25(6-2)13-17-8-7-9-18(12-17)24-19(27)10-11-26-14-23-21-20(22(26)28)15(3)16(4)29-21/h7-9,12,14H,5-6,10-11,13H2,1-4H3,(H,24,27). The number of thiophene rings is 1. The molecule has 0 bridgehead atoms. The van der Waals surface area contributed by atoms with E-state index >= 15 is 0 Å². The Morgan fingerprint density at radius 1 is 1.24 bits per heavy atom. The smallest absolute Gasteiger partial charge is 0.262 e. The topological polar surface area (TPSA) is 67.2 Å². The van der Waals surface area contributed by atoms with Crippen LogP contribution in [-0.4, -0.2) is 33.4 Å². The minimum absolute atomic E-state index is 0.0779. The number of fused-ring (bicyclic) bond motifs is 1. The van der Waals surface area contributed by atoms with E-state index in [2.05, 4.69) is 35.1 Å². The minimum atomic E-state index is -0.116. The number of anilines is 1. The lowest BCUT2D eigenvalue weighted by molar-refractivity contribution is -0.116. The fourth-order valence-corrected chi connectivity index (χ4v) is 4.32. The molecule has 2 aromatic heterocycles. The van der Waals surface area contributed by atoms with Gasteiger partial charge < -0.3 is 5.32 Å². The van der Waals surface area contributed by atoms with Gasteiger partial charge in [-0.15, -0.1) is 11.3 Å². The van der Waals surface area contributed by atoms with Crippen LogP contribution >= 0.6 is 11.3 Å². The van der Waals surface area contributed by atoms with E-state index in [9.17, 15) is 9.59 Å². The average molecular weight is 413 g/mol. The second-order valence-corrected chi connectivity index (χ2v) is 8.37. The molecule has 1 amide bonds. The van der Waals surface area contributed by atoms with Gasteiger partial charge in [0, 0.05) is 30.1 Å². The van der Waals surface area contributed by atoms with E-state index < -0.39 is 0 Å². The maximum Gasteiger partial charge on any atom is 0.262 e. The molecule has 1 aromatic carbocycles. The fourth-order valence-electron chi connectivity index (χ4n) is 3.33. The maximum atomic E-state index is 12.7. The first kappa shape index (κ1) is 21.2. The van der Waals surface area contributed by atoms with Gasteiger partial charge in [-0.1, -0.05) is 26.0 Å². The molecule has 0 atom stereocenters. The lowest BCUT2D eigenvalue weighted by Gasteiger charge is -2.18. The highest BCUT2D eigenvalue weighted by atomic mass is 32.1. The van der Waals surface area contributed by atoms with Crippen LogP contribution in [0.25, 0.3) is 10.2 Å². The van der Waals surface area contributed by atoms with Crippen molar-refractivity contribution in [2.75, 3.05) is 18.4 Å². The van der Waals surface area contributed by atoms with Crippen LogP contribution in [0.3, 0.4) is 0 Å². The van der Waals surface area contributed by atoms with E-state index in [4.69, 9.17) is 0 Å². The summed E-state index contributed by atoms with van der Waals surface area (Å²) < 4.78 is 1.53. The number of amides is 1. The predicted molar refractivity (Wildman–Crippen MR) is 120 cm³/mol. The zero-order valence-corrected chi connectivity index (χ0v) is 18.3. The van der Waals surface area contributed by atoms with Gasteiger partial charge in [-0.25, -0.2) is 4.98 Å². The average Bonchev–Trinajstić information content (AvgIpc) is 3.00. The highest BCUT2D eigenvalue weighted by Crippen LogP contribution is 2.25. The number of hydrogen-bond acceptors (Lipinski definition) is 5. The van der Waals surface area contributed by atoms with Crippen molar-refractivity contribution in [2.45, 2.75) is 47.2 Å². The second kappa shape index (κ2) is 9.33. The molecule has 0 aliphatic rings. The number of carbonyl (C=O) groups is 1. The highest BCUT2D eigenvalue weighted by Gasteiger charge is 2.13. The van der Waals surface area contributed by atoms with Crippen molar-refractivity contribution in [1.82, 2.24) is 14.5 Å². The summed E-state index contributed by atoms with van der Waals surface area (Å²) in [7, 11) is 0. The summed E-state index contributed by atoms with van der Waals surface area (Å²) in [5.74, 6) is -0.116. The number of nitrogens with one attached hydrogen (secondary N) is 1. The maximum absolute atomic E-state index is 12.7. The zero-order chi connectivity index (χ0) is 21.0. The van der Waals surface area contributed by atoms with Crippen LogP contribution in [0.2, 0.25) is 0 Å². The Bertz CT molecular complexity index is 1070. The Labute approximate surface area is 175 Å². The first-order valence-corrected chi connectivity index (χ1v) is 10.8. The second-order valence-electron chi connectivity index (χ2n) is 7.17. The molecule has 2 heterocycles. The molecule has 0 saturated carbocycles. The Morgan fingerprint density at radius 2 is 2.00 bits per heavy atom. The van der Waals surface area contributed by atoms with E-state index in [0.717, 1.165) is 40.6 Å². The van der Waals surface area contributed by atoms with Crippen LogP contribution in [0.1, 0.15) is 36.3 Å². The van der Waals surface area contributed by atoms with Crippen molar-refractivity contribution in [1.29, 1.82) is 0 Å². The molecular weight excluding hydrogens is 384 g/mol. The van der Waals surface area contributed by atoms with Gasteiger partial charge in [0.25, 0.3) is 5.56 Å². The van der Waals surface area contributed by atoms with Gasteiger partial charge in [-0.3, -0.25) is 19.1 Å². The molecule has 0 aliphatic heterocycles. The van der Waals surface area contributed by atoms with Crippen LogP contribution in [0.15, 0.2) is 35.4 Å². The summed E-state index contributed by atoms with van der Waals surface area (Å²) in [5.41, 5.74) is 2.85. The fraction of sp³-hybridized carbons (Fsp3) is 0.409. The molecule has 0 fully saturated rings. The molecule has 29 heavy (non-hydrogen) atoms. The van der Waals surface area contributed by atoms with Gasteiger partial charge in [0.05, 0.1) is 11.7 Å². The SMILES string of the molecule is CCN(CC)Cc1cccc(NC(=O)CCn2cnc3sc(C)c(C)c3c2=O)c1. The number of hydrogen-bond donors (Lipinski definition) is 1. The molecule has 3 rings (SSSR count). The summed E-state index contributed by atoms with van der Waals surface area (Å²) in [6, 6.07) is 7.92. The third-order valence-corrected chi connectivity index (χ3v) is 6.36. The Kier molecular flexibility index (Phi) is 6.82. The molecular formula is C22H28N4O2S. The summed E-state index contributed by atoms with van der Waals surface area (Å²) in [5, 5.41) is 3.61. The number of aromatic nitrogens is 2. The number of rotatable bonds is 8. The van der Waals surface area contributed by atoms with Crippen LogP contribution in [-0.2, 0) is 17.9 Å². The van der Waals surface area contributed by atoms with Crippen LogP contribution in [0.4, 0.5) is 5.69 Å². The van der Waals surface area contributed by atoms with Crippen molar-refractivity contribution in [3.05, 3.63) is 57.0 Å². The number of benzene rings is 1. The Hall–Kier alpha value is -2.51. The predicted octanol–water partition coefficient (Wildman–Crippen LogP) is 3.95. The molecule has 0 saturated heterocycles. The lowest BCUT2D eigenvalue weighted by Crippen LogP contribution is -2.24. The van der Waals surface area contributed by atoms with Gasteiger partial charge in [-0.2, -0.15) is 0 Å². The molecule has 0 aliphatic carbocycles. The van der Waals surface area contributed by atoms with E-state index in [1.807, 2.05) is 32.0 Å². The molecule has 7 heteroatoms. The summed E-state index contributed by atoms with van der Waals surface area (Å²) >= 11 is 1.53. The van der Waals surface area contributed by atoms with Crippen molar-refractivity contribution in [2.24, 2.45) is 0 Å². The number of carbonyl (C=O) groups excluding carboxylic acids is 1. The Balaban J connectivity index is 1.65. The summed E-state index contributed by atoms with van der Waals surface area (Å²) in [4.78, 5) is 33.7. The van der Waals surface area contributed by atoms with Gasteiger partial charge in [-0.05, 0) is 50.2 Å². The largest absolute Gasteiger partial charge is 0.326 e. The molecule has 0 unspecified atom stereocenters. The monoisotopic (exact) mass is 412 g/mol.